The van der Waals surface area contributed by atoms with Gasteiger partial charge >= 0.3 is 0 Å². The number of halogens is 1. The van der Waals surface area contributed by atoms with Crippen LogP contribution in [0.5, 0.6) is 5.75 Å². The van der Waals surface area contributed by atoms with Crippen molar-refractivity contribution in [3.05, 3.63) is 65.4 Å². The van der Waals surface area contributed by atoms with Crippen molar-refractivity contribution in [2.45, 2.75) is 19.1 Å². The zero-order chi connectivity index (χ0) is 17.8. The fourth-order valence-corrected chi connectivity index (χ4v) is 2.91. The molecule has 2 aromatic carbocycles. The number of nitrogens with zero attached hydrogens (tertiary/aromatic N) is 1. The molecule has 0 radical (unpaired) electrons. The van der Waals surface area contributed by atoms with E-state index in [0.717, 1.165) is 16.7 Å². The van der Waals surface area contributed by atoms with Gasteiger partial charge in [0.05, 0.1) is 11.1 Å². The summed E-state index contributed by atoms with van der Waals surface area (Å²) in [5.74, 6) is 1.46. The third-order valence-corrected chi connectivity index (χ3v) is 4.60. The highest BCUT2D eigenvalue weighted by molar-refractivity contribution is 6.32. The van der Waals surface area contributed by atoms with Gasteiger partial charge in [-0.1, -0.05) is 41.9 Å². The molecule has 4 nitrogen and oxygen atoms in total. The number of hydrogen-bond donors (Lipinski definition) is 1. The van der Waals surface area contributed by atoms with Crippen molar-refractivity contribution in [2.24, 2.45) is 0 Å². The fraction of sp³-hybridized carbons (Fsp3) is 0.300. The molecular weight excluding hydrogens is 338 g/mol. The smallest absolute Gasteiger partial charge is 0.138 e. The van der Waals surface area contributed by atoms with Crippen LogP contribution in [0.25, 0.3) is 11.0 Å². The van der Waals surface area contributed by atoms with Crippen molar-refractivity contribution < 1.29 is 14.3 Å². The molecule has 1 aromatic heterocycles. The zero-order valence-corrected chi connectivity index (χ0v) is 15.1. The molecule has 0 saturated carbocycles. The van der Waals surface area contributed by atoms with Gasteiger partial charge in [0.1, 0.15) is 29.8 Å². The topological polar surface area (TPSA) is 45.8 Å². The number of hydrogen-bond acceptors (Lipinski definition) is 4. The Morgan fingerprint density at radius 1 is 1.16 bits per heavy atom. The molecule has 0 fully saturated rings. The van der Waals surface area contributed by atoms with Crippen LogP contribution in [0.1, 0.15) is 18.7 Å². The Morgan fingerprint density at radius 3 is 2.64 bits per heavy atom. The van der Waals surface area contributed by atoms with E-state index in [2.05, 4.69) is 6.92 Å². The highest BCUT2D eigenvalue weighted by Gasteiger charge is 2.19. The van der Waals surface area contributed by atoms with Crippen molar-refractivity contribution >= 4 is 22.6 Å². The Kier molecular flexibility index (Phi) is 5.63. The molecular formula is C20H22ClNO3. The highest BCUT2D eigenvalue weighted by Crippen LogP contribution is 2.27. The van der Waals surface area contributed by atoms with Gasteiger partial charge in [0, 0.05) is 11.9 Å². The molecule has 0 amide bonds. The molecule has 0 saturated heterocycles. The molecule has 0 spiro atoms. The van der Waals surface area contributed by atoms with Crippen molar-refractivity contribution in [1.82, 2.24) is 4.90 Å². The third kappa shape index (κ3) is 4.34. The first kappa shape index (κ1) is 17.8. The van der Waals surface area contributed by atoms with Crippen LogP contribution in [0.15, 0.2) is 59.0 Å². The Labute approximate surface area is 152 Å². The van der Waals surface area contributed by atoms with E-state index >= 15 is 0 Å². The summed E-state index contributed by atoms with van der Waals surface area (Å²) in [4.78, 5) is 2.04. The Balaban J connectivity index is 1.57. The maximum absolute atomic E-state index is 10.3. The van der Waals surface area contributed by atoms with E-state index in [4.69, 9.17) is 20.8 Å². The molecule has 0 aliphatic rings. The second-order valence-corrected chi connectivity index (χ2v) is 6.60. The predicted octanol–water partition coefficient (Wildman–Crippen LogP) is 4.52. The van der Waals surface area contributed by atoms with Gasteiger partial charge in [0.2, 0.25) is 0 Å². The maximum Gasteiger partial charge on any atom is 0.138 e. The average molecular weight is 360 g/mol. The molecule has 5 heteroatoms. The van der Waals surface area contributed by atoms with E-state index in [9.17, 15) is 5.11 Å². The molecule has 2 unspecified atom stereocenters. The van der Waals surface area contributed by atoms with Crippen LogP contribution >= 0.6 is 11.6 Å². The molecule has 1 N–H and O–H groups in total. The first-order chi connectivity index (χ1) is 12.0. The van der Waals surface area contributed by atoms with Crippen LogP contribution in [0, 0.1) is 0 Å². The summed E-state index contributed by atoms with van der Waals surface area (Å²) in [6, 6.07) is 17.3. The number of ether oxygens (including phenoxy) is 1. The molecule has 0 bridgehead atoms. The Morgan fingerprint density at radius 2 is 1.88 bits per heavy atom. The number of fused-ring (bicyclic) bond motifs is 1. The van der Waals surface area contributed by atoms with Crippen LogP contribution < -0.4 is 4.74 Å². The monoisotopic (exact) mass is 359 g/mol. The highest BCUT2D eigenvalue weighted by atomic mass is 35.5. The lowest BCUT2D eigenvalue weighted by Crippen LogP contribution is -2.34. The van der Waals surface area contributed by atoms with Crippen LogP contribution in [0.4, 0.5) is 0 Å². The molecule has 1 heterocycles. The predicted molar refractivity (Wildman–Crippen MR) is 100 cm³/mol. The molecule has 132 valence electrons. The summed E-state index contributed by atoms with van der Waals surface area (Å²) in [6.07, 6.45) is -0.631. The lowest BCUT2D eigenvalue weighted by Gasteiger charge is -2.25. The van der Waals surface area contributed by atoms with E-state index in [1.54, 1.807) is 12.1 Å². The number of aliphatic hydroxyl groups excluding tert-OH is 1. The lowest BCUT2D eigenvalue weighted by molar-refractivity contribution is 0.0625. The van der Waals surface area contributed by atoms with Gasteiger partial charge in [-0.05, 0) is 38.2 Å². The molecule has 3 rings (SSSR count). The van der Waals surface area contributed by atoms with Crippen molar-refractivity contribution in [3.63, 3.8) is 0 Å². The summed E-state index contributed by atoms with van der Waals surface area (Å²) in [5.41, 5.74) is 0.875. The van der Waals surface area contributed by atoms with Gasteiger partial charge in [-0.3, -0.25) is 4.90 Å². The largest absolute Gasteiger partial charge is 0.489 e. The number of aliphatic hydroxyl groups is 1. The fourth-order valence-electron chi connectivity index (χ4n) is 2.72. The summed E-state index contributed by atoms with van der Waals surface area (Å²) < 4.78 is 11.5. The second kappa shape index (κ2) is 7.91. The van der Waals surface area contributed by atoms with Gasteiger partial charge < -0.3 is 14.3 Å². The van der Waals surface area contributed by atoms with E-state index < -0.39 is 6.10 Å². The Bertz CT molecular complexity index is 799. The van der Waals surface area contributed by atoms with E-state index in [1.807, 2.05) is 54.4 Å². The standard InChI is InChI=1S/C20H22ClNO3/c1-14(20-11-15-7-3-5-9-18(15)25-20)22(2)12-16(23)13-24-19-10-6-4-8-17(19)21/h3-11,14,16,23H,12-13H2,1-2H3. The van der Waals surface area contributed by atoms with E-state index in [0.29, 0.717) is 17.3 Å². The minimum Gasteiger partial charge on any atom is -0.489 e. The van der Waals surface area contributed by atoms with Crippen LogP contribution in [-0.2, 0) is 0 Å². The number of benzene rings is 2. The number of furan rings is 1. The van der Waals surface area contributed by atoms with E-state index in [1.165, 1.54) is 0 Å². The third-order valence-electron chi connectivity index (χ3n) is 4.28. The van der Waals surface area contributed by atoms with Crippen LogP contribution in [-0.4, -0.2) is 36.3 Å². The lowest BCUT2D eigenvalue weighted by atomic mass is 10.2. The van der Waals surface area contributed by atoms with Gasteiger partial charge in [-0.25, -0.2) is 0 Å². The quantitative estimate of drug-likeness (QED) is 0.673. The zero-order valence-electron chi connectivity index (χ0n) is 14.4. The first-order valence-corrected chi connectivity index (χ1v) is 8.66. The van der Waals surface area contributed by atoms with Crippen molar-refractivity contribution in [1.29, 1.82) is 0 Å². The average Bonchev–Trinajstić information content (AvgIpc) is 3.04. The number of rotatable bonds is 7. The molecule has 25 heavy (non-hydrogen) atoms. The first-order valence-electron chi connectivity index (χ1n) is 8.28. The van der Waals surface area contributed by atoms with Crippen LogP contribution in [0.2, 0.25) is 5.02 Å². The van der Waals surface area contributed by atoms with Gasteiger partial charge in [-0.2, -0.15) is 0 Å². The SMILES string of the molecule is CC(c1cc2ccccc2o1)N(C)CC(O)COc1ccccc1Cl. The number of para-hydroxylation sites is 2. The molecule has 3 aromatic rings. The summed E-state index contributed by atoms with van der Waals surface area (Å²) in [5, 5.41) is 11.9. The molecule has 0 aliphatic carbocycles. The normalized spacial score (nSPS) is 14.0. The minimum absolute atomic E-state index is 0.0439. The summed E-state index contributed by atoms with van der Waals surface area (Å²) in [7, 11) is 1.95. The van der Waals surface area contributed by atoms with Crippen LogP contribution in [0.3, 0.4) is 0 Å². The molecule has 0 aliphatic heterocycles. The minimum atomic E-state index is -0.631. The van der Waals surface area contributed by atoms with Crippen molar-refractivity contribution in [2.75, 3.05) is 20.2 Å². The van der Waals surface area contributed by atoms with Gasteiger partial charge in [0.15, 0.2) is 0 Å². The number of likely N-dealkylation sites (N-methyl/N-ethyl adjacent to an activating group) is 1. The maximum atomic E-state index is 10.3. The summed E-state index contributed by atoms with van der Waals surface area (Å²) >= 11 is 6.05. The van der Waals surface area contributed by atoms with Gasteiger partial charge in [0.25, 0.3) is 0 Å². The van der Waals surface area contributed by atoms with Gasteiger partial charge in [-0.15, -0.1) is 0 Å². The summed E-state index contributed by atoms with van der Waals surface area (Å²) in [6.45, 7) is 2.70. The second-order valence-electron chi connectivity index (χ2n) is 6.20. The molecule has 2 atom stereocenters. The van der Waals surface area contributed by atoms with Crippen molar-refractivity contribution in [3.8, 4) is 5.75 Å². The Hall–Kier alpha value is -2.01. The van der Waals surface area contributed by atoms with E-state index in [-0.39, 0.29) is 12.6 Å².